The van der Waals surface area contributed by atoms with Crippen LogP contribution in [0.1, 0.15) is 17.4 Å². The quantitative estimate of drug-likeness (QED) is 0.634. The SMILES string of the molecule is O=C1CS/C(=N\Nc2nc3ccccc3cc2C2OCCO2)N1Cc1ccccc1. The molecule has 3 aromatic rings. The molecule has 2 aliphatic rings. The number of anilines is 1. The van der Waals surface area contributed by atoms with Crippen molar-refractivity contribution in [2.75, 3.05) is 24.4 Å². The van der Waals surface area contributed by atoms with Gasteiger partial charge in [-0.2, -0.15) is 0 Å². The Bertz CT molecular complexity index is 1100. The highest BCUT2D eigenvalue weighted by Gasteiger charge is 2.29. The molecule has 8 heteroatoms. The van der Waals surface area contributed by atoms with E-state index in [0.717, 1.165) is 22.0 Å². The van der Waals surface area contributed by atoms with Gasteiger partial charge in [0.05, 0.1) is 36.6 Å². The molecule has 152 valence electrons. The van der Waals surface area contributed by atoms with Gasteiger partial charge < -0.3 is 9.47 Å². The van der Waals surface area contributed by atoms with Gasteiger partial charge in [-0.1, -0.05) is 60.3 Å². The van der Waals surface area contributed by atoms with Crippen LogP contribution in [0.2, 0.25) is 0 Å². The predicted octanol–water partition coefficient (Wildman–Crippen LogP) is 3.74. The first kappa shape index (κ1) is 19.0. The van der Waals surface area contributed by atoms with Gasteiger partial charge in [0.15, 0.2) is 17.3 Å². The van der Waals surface area contributed by atoms with Gasteiger partial charge in [0.2, 0.25) is 5.91 Å². The Labute approximate surface area is 178 Å². The first-order valence-electron chi connectivity index (χ1n) is 9.71. The number of carbonyl (C=O) groups excluding carboxylic acids is 1. The minimum atomic E-state index is -0.483. The van der Waals surface area contributed by atoms with Crippen LogP contribution in [-0.2, 0) is 20.8 Å². The minimum absolute atomic E-state index is 0.0403. The van der Waals surface area contributed by atoms with Gasteiger partial charge in [-0.25, -0.2) is 4.98 Å². The van der Waals surface area contributed by atoms with Gasteiger partial charge in [0.25, 0.3) is 0 Å². The number of thioether (sulfide) groups is 1. The fraction of sp³-hybridized carbons (Fsp3) is 0.227. The maximum absolute atomic E-state index is 12.4. The van der Waals surface area contributed by atoms with E-state index in [2.05, 4.69) is 10.5 Å². The van der Waals surface area contributed by atoms with Crippen molar-refractivity contribution in [2.45, 2.75) is 12.8 Å². The number of amides is 1. The number of ether oxygens (including phenoxy) is 2. The van der Waals surface area contributed by atoms with E-state index in [1.807, 2.05) is 60.7 Å². The molecule has 1 amide bonds. The molecular formula is C22H20N4O3S. The summed E-state index contributed by atoms with van der Waals surface area (Å²) in [6.07, 6.45) is -0.483. The molecule has 5 rings (SSSR count). The van der Waals surface area contributed by atoms with Crippen molar-refractivity contribution < 1.29 is 14.3 Å². The van der Waals surface area contributed by atoms with Gasteiger partial charge in [-0.15, -0.1) is 5.10 Å². The number of benzene rings is 2. The van der Waals surface area contributed by atoms with Crippen LogP contribution in [0.3, 0.4) is 0 Å². The molecule has 7 nitrogen and oxygen atoms in total. The molecule has 0 atom stereocenters. The molecule has 0 radical (unpaired) electrons. The largest absolute Gasteiger partial charge is 0.346 e. The number of fused-ring (bicyclic) bond motifs is 1. The van der Waals surface area contributed by atoms with Crippen molar-refractivity contribution in [3.8, 4) is 0 Å². The van der Waals surface area contributed by atoms with E-state index in [1.54, 1.807) is 4.90 Å². The molecule has 2 aromatic carbocycles. The Morgan fingerprint density at radius 1 is 1.10 bits per heavy atom. The topological polar surface area (TPSA) is 76.0 Å². The van der Waals surface area contributed by atoms with E-state index in [4.69, 9.17) is 14.5 Å². The molecule has 0 spiro atoms. The first-order valence-corrected chi connectivity index (χ1v) is 10.7. The number of nitrogens with zero attached hydrogens (tertiary/aromatic N) is 3. The van der Waals surface area contributed by atoms with Crippen molar-refractivity contribution in [3.05, 3.63) is 71.8 Å². The molecule has 0 unspecified atom stereocenters. The zero-order valence-electron chi connectivity index (χ0n) is 16.2. The second kappa shape index (κ2) is 8.43. The monoisotopic (exact) mass is 420 g/mol. The zero-order chi connectivity index (χ0) is 20.3. The van der Waals surface area contributed by atoms with Gasteiger partial charge in [0.1, 0.15) is 0 Å². The predicted molar refractivity (Wildman–Crippen MR) is 117 cm³/mol. The van der Waals surface area contributed by atoms with Crippen molar-refractivity contribution in [1.29, 1.82) is 0 Å². The standard InChI is InChI=1S/C22H20N4O3S/c27-19-14-30-22(26(19)13-15-6-2-1-3-7-15)25-24-20-17(21-28-10-11-29-21)12-16-8-4-5-9-18(16)23-20/h1-9,12,21H,10-11,13-14H2,(H,23,24)/b25-22-. The van der Waals surface area contributed by atoms with Gasteiger partial charge >= 0.3 is 0 Å². The fourth-order valence-electron chi connectivity index (χ4n) is 3.44. The lowest BCUT2D eigenvalue weighted by Gasteiger charge is -2.17. The number of aromatic nitrogens is 1. The van der Waals surface area contributed by atoms with Crippen molar-refractivity contribution >= 4 is 39.6 Å². The summed E-state index contributed by atoms with van der Waals surface area (Å²) in [4.78, 5) is 18.8. The summed E-state index contributed by atoms with van der Waals surface area (Å²) in [6, 6.07) is 19.8. The smallest absolute Gasteiger partial charge is 0.239 e. The lowest BCUT2D eigenvalue weighted by Crippen LogP contribution is -2.29. The molecule has 0 aliphatic carbocycles. The van der Waals surface area contributed by atoms with Crippen LogP contribution in [0.5, 0.6) is 0 Å². The average molecular weight is 420 g/mol. The third-order valence-electron chi connectivity index (χ3n) is 4.93. The summed E-state index contributed by atoms with van der Waals surface area (Å²) in [7, 11) is 0. The Hall–Kier alpha value is -2.94. The Morgan fingerprint density at radius 2 is 1.87 bits per heavy atom. The van der Waals surface area contributed by atoms with Crippen molar-refractivity contribution in [1.82, 2.24) is 9.88 Å². The van der Waals surface area contributed by atoms with Crippen LogP contribution in [0.15, 0.2) is 65.8 Å². The number of pyridine rings is 1. The summed E-state index contributed by atoms with van der Waals surface area (Å²) in [5.41, 5.74) is 5.75. The summed E-state index contributed by atoms with van der Waals surface area (Å²) in [5, 5.41) is 6.15. The molecule has 2 fully saturated rings. The molecule has 3 heterocycles. The van der Waals surface area contributed by atoms with Crippen molar-refractivity contribution in [2.24, 2.45) is 5.10 Å². The highest BCUT2D eigenvalue weighted by molar-refractivity contribution is 8.15. The number of nitrogens with one attached hydrogen (secondary N) is 1. The maximum Gasteiger partial charge on any atom is 0.239 e. The number of rotatable bonds is 5. The number of hydrogen-bond donors (Lipinski definition) is 1. The molecular weight excluding hydrogens is 400 g/mol. The Kier molecular flexibility index (Phi) is 5.35. The number of para-hydroxylation sites is 1. The van der Waals surface area contributed by atoms with E-state index in [0.29, 0.717) is 36.5 Å². The number of amidine groups is 1. The van der Waals surface area contributed by atoms with Crippen LogP contribution >= 0.6 is 11.8 Å². The number of hydrazone groups is 1. The van der Waals surface area contributed by atoms with Crippen LogP contribution in [0.4, 0.5) is 5.82 Å². The lowest BCUT2D eigenvalue weighted by atomic mass is 10.1. The van der Waals surface area contributed by atoms with Crippen LogP contribution in [-0.4, -0.2) is 39.9 Å². The van der Waals surface area contributed by atoms with Gasteiger partial charge in [-0.3, -0.25) is 15.1 Å². The van der Waals surface area contributed by atoms with Crippen LogP contribution < -0.4 is 5.43 Å². The van der Waals surface area contributed by atoms with E-state index in [9.17, 15) is 4.79 Å². The molecule has 1 N–H and O–H groups in total. The summed E-state index contributed by atoms with van der Waals surface area (Å²) in [5.74, 6) is 0.978. The van der Waals surface area contributed by atoms with E-state index >= 15 is 0 Å². The molecule has 1 aromatic heterocycles. The second-order valence-corrected chi connectivity index (χ2v) is 7.90. The highest BCUT2D eigenvalue weighted by Crippen LogP contribution is 2.32. The Morgan fingerprint density at radius 3 is 2.70 bits per heavy atom. The lowest BCUT2D eigenvalue weighted by molar-refractivity contribution is -0.124. The third-order valence-corrected chi connectivity index (χ3v) is 5.89. The summed E-state index contributed by atoms with van der Waals surface area (Å²) < 4.78 is 11.4. The first-order chi connectivity index (χ1) is 14.8. The van der Waals surface area contributed by atoms with E-state index in [-0.39, 0.29) is 5.91 Å². The second-order valence-electron chi connectivity index (χ2n) is 6.95. The Balaban J connectivity index is 1.44. The number of carbonyl (C=O) groups is 1. The van der Waals surface area contributed by atoms with Crippen LogP contribution in [0.25, 0.3) is 10.9 Å². The normalized spacial score (nSPS) is 18.6. The molecule has 30 heavy (non-hydrogen) atoms. The molecule has 0 bridgehead atoms. The molecule has 2 aliphatic heterocycles. The maximum atomic E-state index is 12.4. The summed E-state index contributed by atoms with van der Waals surface area (Å²) in [6.45, 7) is 1.57. The molecule has 2 saturated heterocycles. The van der Waals surface area contributed by atoms with E-state index < -0.39 is 6.29 Å². The zero-order valence-corrected chi connectivity index (χ0v) is 17.0. The third kappa shape index (κ3) is 3.89. The fourth-order valence-corrected chi connectivity index (χ4v) is 4.28. The highest BCUT2D eigenvalue weighted by atomic mass is 32.2. The van der Waals surface area contributed by atoms with Crippen LogP contribution in [0, 0.1) is 0 Å². The van der Waals surface area contributed by atoms with Gasteiger partial charge in [-0.05, 0) is 17.7 Å². The average Bonchev–Trinajstić information content (AvgIpc) is 3.43. The van der Waals surface area contributed by atoms with Gasteiger partial charge in [0, 0.05) is 5.39 Å². The summed E-state index contributed by atoms with van der Waals surface area (Å²) >= 11 is 1.41. The van der Waals surface area contributed by atoms with Crippen molar-refractivity contribution in [3.63, 3.8) is 0 Å². The van der Waals surface area contributed by atoms with E-state index in [1.165, 1.54) is 11.8 Å². The number of hydrogen-bond acceptors (Lipinski definition) is 7. The molecule has 0 saturated carbocycles. The minimum Gasteiger partial charge on any atom is -0.346 e.